The Hall–Kier alpha value is -1.88. The number of benzene rings is 1. The van der Waals surface area contributed by atoms with E-state index in [1.165, 1.54) is 38.8 Å². The minimum Gasteiger partial charge on any atom is -0.441 e. The van der Waals surface area contributed by atoms with E-state index in [0.29, 0.717) is 23.4 Å². The lowest BCUT2D eigenvalue weighted by Crippen LogP contribution is -2.65. The van der Waals surface area contributed by atoms with Crippen LogP contribution in [-0.2, 0) is 0 Å². The lowest BCUT2D eigenvalue weighted by atomic mass is 9.77. The number of oxazole rings is 1. The van der Waals surface area contributed by atoms with Crippen molar-refractivity contribution in [2.45, 2.75) is 44.2 Å². The molecule has 23 heavy (non-hydrogen) atoms. The van der Waals surface area contributed by atoms with Gasteiger partial charge in [-0.3, -0.25) is 9.69 Å². The third-order valence-electron chi connectivity index (χ3n) is 6.03. The summed E-state index contributed by atoms with van der Waals surface area (Å²) >= 11 is 0. The summed E-state index contributed by atoms with van der Waals surface area (Å²) in [4.78, 5) is 19.7. The summed E-state index contributed by atoms with van der Waals surface area (Å²) in [7, 11) is 0. The van der Waals surface area contributed by atoms with Crippen LogP contribution >= 0.6 is 0 Å². The average molecular weight is 311 g/mol. The number of nitrogens with one attached hydrogen (secondary N) is 1. The summed E-state index contributed by atoms with van der Waals surface area (Å²) < 4.78 is 5.49. The first kappa shape index (κ1) is 13.5. The molecule has 0 radical (unpaired) electrons. The second kappa shape index (κ2) is 4.57. The highest BCUT2D eigenvalue weighted by molar-refractivity contribution is 5.97. The van der Waals surface area contributed by atoms with Gasteiger partial charge in [-0.2, -0.15) is 0 Å². The minimum atomic E-state index is 0.0255. The molecule has 4 heterocycles. The fraction of sp³-hybridized carbons (Fsp3) is 0.556. The predicted molar refractivity (Wildman–Crippen MR) is 86.3 cm³/mol. The van der Waals surface area contributed by atoms with Crippen molar-refractivity contribution in [1.82, 2.24) is 15.2 Å². The Labute approximate surface area is 135 Å². The smallest absolute Gasteiger partial charge is 0.251 e. The zero-order valence-corrected chi connectivity index (χ0v) is 13.3. The molecule has 120 valence electrons. The zero-order chi connectivity index (χ0) is 15.6. The highest BCUT2D eigenvalue weighted by Gasteiger charge is 2.60. The van der Waals surface area contributed by atoms with Gasteiger partial charge in [-0.15, -0.1) is 0 Å². The van der Waals surface area contributed by atoms with Crippen molar-refractivity contribution in [3.63, 3.8) is 0 Å². The fourth-order valence-electron chi connectivity index (χ4n) is 4.73. The molecule has 1 aromatic heterocycles. The maximum Gasteiger partial charge on any atom is 0.251 e. The molecule has 1 amide bonds. The highest BCUT2D eigenvalue weighted by atomic mass is 16.3. The van der Waals surface area contributed by atoms with Crippen molar-refractivity contribution >= 4 is 17.0 Å². The molecule has 5 heteroatoms. The molecule has 6 rings (SSSR count). The van der Waals surface area contributed by atoms with E-state index in [1.54, 1.807) is 0 Å². The molecule has 2 aromatic rings. The number of hydrogen-bond acceptors (Lipinski definition) is 4. The van der Waals surface area contributed by atoms with Crippen LogP contribution in [-0.4, -0.2) is 40.5 Å². The van der Waals surface area contributed by atoms with Crippen LogP contribution in [0.2, 0.25) is 0 Å². The van der Waals surface area contributed by atoms with Gasteiger partial charge in [0, 0.05) is 18.0 Å². The quantitative estimate of drug-likeness (QED) is 0.926. The van der Waals surface area contributed by atoms with Gasteiger partial charge in [0.2, 0.25) is 0 Å². The number of piperidine rings is 3. The fourth-order valence-corrected chi connectivity index (χ4v) is 4.73. The van der Waals surface area contributed by atoms with Crippen molar-refractivity contribution in [3.8, 4) is 0 Å². The maximum absolute atomic E-state index is 12.8. The van der Waals surface area contributed by atoms with E-state index in [-0.39, 0.29) is 11.4 Å². The van der Waals surface area contributed by atoms with E-state index >= 15 is 0 Å². The van der Waals surface area contributed by atoms with Gasteiger partial charge in [0.15, 0.2) is 11.5 Å². The first-order chi connectivity index (χ1) is 11.2. The molecule has 1 aliphatic carbocycles. The Morgan fingerprint density at radius 3 is 2.87 bits per heavy atom. The third-order valence-corrected chi connectivity index (χ3v) is 6.03. The van der Waals surface area contributed by atoms with Crippen molar-refractivity contribution in [1.29, 1.82) is 0 Å². The maximum atomic E-state index is 12.8. The number of carbonyl (C=O) groups excluding carboxylic acids is 1. The largest absolute Gasteiger partial charge is 0.441 e. The minimum absolute atomic E-state index is 0.0255. The molecule has 1 atom stereocenters. The molecule has 1 saturated carbocycles. The third kappa shape index (κ3) is 1.96. The Balaban J connectivity index is 1.42. The van der Waals surface area contributed by atoms with E-state index in [2.05, 4.69) is 15.2 Å². The summed E-state index contributed by atoms with van der Waals surface area (Å²) in [5, 5.41) is 3.35. The van der Waals surface area contributed by atoms with E-state index in [9.17, 15) is 4.79 Å². The van der Waals surface area contributed by atoms with Crippen LogP contribution in [0.15, 0.2) is 22.6 Å². The van der Waals surface area contributed by atoms with Crippen LogP contribution < -0.4 is 5.32 Å². The van der Waals surface area contributed by atoms with E-state index in [0.717, 1.165) is 11.1 Å². The number of hydrogen-bond donors (Lipinski definition) is 1. The van der Waals surface area contributed by atoms with Gasteiger partial charge < -0.3 is 9.73 Å². The second-order valence-electron chi connectivity index (χ2n) is 7.29. The van der Waals surface area contributed by atoms with E-state index < -0.39 is 0 Å². The molecule has 2 bridgehead atoms. The Morgan fingerprint density at radius 1 is 1.35 bits per heavy atom. The summed E-state index contributed by atoms with van der Waals surface area (Å²) in [6, 6.07) is 5.83. The van der Waals surface area contributed by atoms with Gasteiger partial charge in [0.05, 0.1) is 6.04 Å². The Bertz CT molecular complexity index is 785. The van der Waals surface area contributed by atoms with Crippen LogP contribution in [0.4, 0.5) is 0 Å². The van der Waals surface area contributed by atoms with E-state index in [4.69, 9.17) is 4.42 Å². The second-order valence-corrected chi connectivity index (χ2v) is 7.29. The number of aromatic nitrogens is 1. The topological polar surface area (TPSA) is 58.4 Å². The summed E-state index contributed by atoms with van der Waals surface area (Å²) in [6.45, 7) is 4.24. The molecule has 1 N–H and O–H groups in total. The van der Waals surface area contributed by atoms with Gasteiger partial charge in [-0.1, -0.05) is 0 Å². The van der Waals surface area contributed by atoms with Crippen molar-refractivity contribution in [2.75, 3.05) is 13.1 Å². The molecule has 4 fully saturated rings. The van der Waals surface area contributed by atoms with E-state index in [1.807, 2.05) is 25.1 Å². The summed E-state index contributed by atoms with van der Waals surface area (Å²) in [5.41, 5.74) is 2.44. The van der Waals surface area contributed by atoms with Crippen molar-refractivity contribution in [3.05, 3.63) is 29.7 Å². The van der Waals surface area contributed by atoms with Gasteiger partial charge in [-0.25, -0.2) is 4.98 Å². The molecule has 1 unspecified atom stereocenters. The normalized spacial score (nSPS) is 30.7. The van der Waals surface area contributed by atoms with Crippen molar-refractivity contribution < 1.29 is 9.21 Å². The number of fused-ring (bicyclic) bond motifs is 3. The van der Waals surface area contributed by atoms with Crippen molar-refractivity contribution in [2.24, 2.45) is 5.92 Å². The SMILES string of the molecule is Cc1nc2cc(C(=O)NC3C4CCN(CC4)C34CC4)ccc2o1. The monoisotopic (exact) mass is 311 g/mol. The van der Waals surface area contributed by atoms with Gasteiger partial charge >= 0.3 is 0 Å². The van der Waals surface area contributed by atoms with Crippen LogP contribution in [0, 0.1) is 12.8 Å². The number of carbonyl (C=O) groups is 1. The number of rotatable bonds is 2. The van der Waals surface area contributed by atoms with Gasteiger partial charge in [-0.05, 0) is 62.9 Å². The first-order valence-corrected chi connectivity index (χ1v) is 8.59. The molecule has 5 nitrogen and oxygen atoms in total. The number of amides is 1. The lowest BCUT2D eigenvalue weighted by Gasteiger charge is -2.52. The predicted octanol–water partition coefficient (Wildman–Crippen LogP) is 2.49. The zero-order valence-electron chi connectivity index (χ0n) is 13.3. The highest BCUT2D eigenvalue weighted by Crippen LogP contribution is 2.53. The van der Waals surface area contributed by atoms with Crippen LogP contribution in [0.25, 0.3) is 11.1 Å². The average Bonchev–Trinajstić information content (AvgIpc) is 3.24. The Morgan fingerprint density at radius 2 is 2.13 bits per heavy atom. The molecule has 1 spiro atoms. The number of nitrogens with zero attached hydrogens (tertiary/aromatic N) is 2. The van der Waals surface area contributed by atoms with Crippen LogP contribution in [0.5, 0.6) is 0 Å². The Kier molecular flexibility index (Phi) is 2.69. The first-order valence-electron chi connectivity index (χ1n) is 8.59. The molecule has 4 aliphatic rings. The molecular formula is C18H21N3O2. The molecule has 3 saturated heterocycles. The summed E-state index contributed by atoms with van der Waals surface area (Å²) in [6.07, 6.45) is 4.90. The summed E-state index contributed by atoms with van der Waals surface area (Å²) in [5.74, 6) is 1.30. The molecule has 3 aliphatic heterocycles. The number of aryl methyl sites for hydroxylation is 1. The van der Waals surface area contributed by atoms with Crippen LogP contribution in [0.3, 0.4) is 0 Å². The van der Waals surface area contributed by atoms with Crippen LogP contribution in [0.1, 0.15) is 41.9 Å². The van der Waals surface area contributed by atoms with Gasteiger partial charge in [0.25, 0.3) is 5.91 Å². The van der Waals surface area contributed by atoms with Gasteiger partial charge in [0.1, 0.15) is 5.52 Å². The standard InChI is InChI=1S/C18H21N3O2/c1-11-19-14-10-13(2-3-15(14)23-11)17(22)20-16-12-4-8-21(9-5-12)18(16)6-7-18/h2-3,10,12,16H,4-9H2,1H3,(H,20,22). The molecule has 1 aromatic carbocycles. The molecular weight excluding hydrogens is 290 g/mol. The lowest BCUT2D eigenvalue weighted by molar-refractivity contribution is -0.00144.